The molecule has 0 aliphatic carbocycles. The van der Waals surface area contributed by atoms with Gasteiger partial charge in [-0.15, -0.1) is 0 Å². The lowest BCUT2D eigenvalue weighted by Gasteiger charge is -2.27. The van der Waals surface area contributed by atoms with E-state index in [1.54, 1.807) is 25.3 Å². The minimum Gasteiger partial charge on any atom is -0.497 e. The smallest absolute Gasteiger partial charge is 0.379 e. The van der Waals surface area contributed by atoms with Gasteiger partial charge in [-0.25, -0.2) is 4.79 Å². The molecule has 7 nitrogen and oxygen atoms in total. The van der Waals surface area contributed by atoms with Gasteiger partial charge in [-0.3, -0.25) is 0 Å². The van der Waals surface area contributed by atoms with Gasteiger partial charge in [0.1, 0.15) is 34.5 Å². The molecule has 1 aromatic heterocycles. The van der Waals surface area contributed by atoms with Gasteiger partial charge in [0.25, 0.3) is 0 Å². The Labute approximate surface area is 208 Å². The number of nitriles is 1. The van der Waals surface area contributed by atoms with E-state index in [0.717, 1.165) is 33.2 Å². The number of furan rings is 1. The van der Waals surface area contributed by atoms with Gasteiger partial charge in [-0.2, -0.15) is 5.26 Å². The van der Waals surface area contributed by atoms with Crippen molar-refractivity contribution in [1.82, 2.24) is 0 Å². The molecule has 1 unspecified atom stereocenters. The Bertz CT molecular complexity index is 1610. The lowest BCUT2D eigenvalue weighted by atomic mass is 9.83. The summed E-state index contributed by atoms with van der Waals surface area (Å²) in [4.78, 5) is 13.0. The van der Waals surface area contributed by atoms with Crippen molar-refractivity contribution in [3.8, 4) is 23.3 Å². The van der Waals surface area contributed by atoms with Gasteiger partial charge >= 0.3 is 5.97 Å². The number of carbonyl (C=O) groups excluding carboxylic acids is 1. The van der Waals surface area contributed by atoms with Gasteiger partial charge in [0.2, 0.25) is 11.6 Å². The van der Waals surface area contributed by atoms with Crippen LogP contribution < -0.4 is 19.9 Å². The summed E-state index contributed by atoms with van der Waals surface area (Å²) in [5.74, 6) is 0.415. The molecule has 0 radical (unpaired) electrons. The molecule has 180 valence electrons. The summed E-state index contributed by atoms with van der Waals surface area (Å²) in [6, 6.07) is 18.6. The number of carbonyl (C=O) groups is 1. The fraction of sp³-hybridized carbons (Fsp3) is 0.172. The first kappa shape index (κ1) is 23.1. The van der Waals surface area contributed by atoms with Gasteiger partial charge in [-0.1, -0.05) is 24.3 Å². The second-order valence-corrected chi connectivity index (χ2v) is 8.80. The van der Waals surface area contributed by atoms with Crippen molar-refractivity contribution in [1.29, 1.82) is 5.26 Å². The number of benzene rings is 3. The minimum absolute atomic E-state index is 0.000250. The predicted molar refractivity (Wildman–Crippen MR) is 134 cm³/mol. The van der Waals surface area contributed by atoms with E-state index in [0.29, 0.717) is 22.7 Å². The van der Waals surface area contributed by atoms with Crippen molar-refractivity contribution in [3.05, 3.63) is 99.6 Å². The fourth-order valence-electron chi connectivity index (χ4n) is 4.80. The Hall–Kier alpha value is -4.70. The summed E-state index contributed by atoms with van der Waals surface area (Å²) in [6.07, 6.45) is 0. The Morgan fingerprint density at radius 2 is 1.86 bits per heavy atom. The highest BCUT2D eigenvalue weighted by Gasteiger charge is 2.31. The number of rotatable bonds is 4. The van der Waals surface area contributed by atoms with Gasteiger partial charge in [0.05, 0.1) is 13.0 Å². The van der Waals surface area contributed by atoms with Crippen LogP contribution in [0.5, 0.6) is 17.2 Å². The van der Waals surface area contributed by atoms with Crippen molar-refractivity contribution >= 4 is 16.9 Å². The van der Waals surface area contributed by atoms with E-state index in [4.69, 9.17) is 24.4 Å². The van der Waals surface area contributed by atoms with Gasteiger partial charge in [0.15, 0.2) is 0 Å². The third-order valence-corrected chi connectivity index (χ3v) is 6.38. The number of fused-ring (bicyclic) bond motifs is 2. The standard InChI is InChI=1S/C29H24N2O5/c1-15-10-16(2)25-17(3)27(35-24(25)11-15)29(32)34-20-8-9-21-23(13-20)36-28(31)22(14-30)26(21)18-6-5-7-19(12-18)33-4/h5-13,26H,31H2,1-4H3. The Morgan fingerprint density at radius 1 is 1.06 bits per heavy atom. The lowest BCUT2D eigenvalue weighted by Crippen LogP contribution is -2.21. The number of ether oxygens (including phenoxy) is 3. The van der Waals surface area contributed by atoms with E-state index in [-0.39, 0.29) is 17.4 Å². The first-order chi connectivity index (χ1) is 17.3. The SMILES string of the molecule is COc1cccc(C2C(C#N)=C(N)Oc3cc(OC(=O)c4oc5cc(C)cc(C)c5c4C)ccc32)c1. The van der Waals surface area contributed by atoms with Crippen molar-refractivity contribution in [2.45, 2.75) is 26.7 Å². The number of nitrogens with two attached hydrogens (primary N) is 1. The molecule has 4 aromatic rings. The molecule has 7 heteroatoms. The van der Waals surface area contributed by atoms with Crippen LogP contribution in [0.4, 0.5) is 0 Å². The molecular formula is C29H24N2O5. The van der Waals surface area contributed by atoms with Crippen LogP contribution in [0.25, 0.3) is 11.0 Å². The number of methoxy groups -OCH3 is 1. The summed E-state index contributed by atoms with van der Waals surface area (Å²) in [5, 5.41) is 10.7. The van der Waals surface area contributed by atoms with E-state index in [9.17, 15) is 10.1 Å². The Morgan fingerprint density at radius 3 is 2.61 bits per heavy atom. The van der Waals surface area contributed by atoms with Crippen molar-refractivity contribution < 1.29 is 23.4 Å². The molecule has 0 spiro atoms. The third kappa shape index (κ3) is 3.83. The fourth-order valence-corrected chi connectivity index (χ4v) is 4.80. The molecule has 36 heavy (non-hydrogen) atoms. The van der Waals surface area contributed by atoms with Crippen LogP contribution >= 0.6 is 0 Å². The molecule has 0 fully saturated rings. The molecule has 3 aromatic carbocycles. The molecule has 0 saturated carbocycles. The van der Waals surface area contributed by atoms with E-state index >= 15 is 0 Å². The van der Waals surface area contributed by atoms with Crippen LogP contribution in [0, 0.1) is 32.1 Å². The molecule has 0 bridgehead atoms. The highest BCUT2D eigenvalue weighted by molar-refractivity contribution is 5.98. The van der Waals surface area contributed by atoms with Crippen molar-refractivity contribution in [2.75, 3.05) is 7.11 Å². The van der Waals surface area contributed by atoms with Crippen LogP contribution in [0.1, 0.15) is 44.3 Å². The summed E-state index contributed by atoms with van der Waals surface area (Å²) >= 11 is 0. The maximum absolute atomic E-state index is 13.0. The average molecular weight is 481 g/mol. The Kier molecular flexibility index (Phi) is 5.65. The quantitative estimate of drug-likeness (QED) is 0.290. The normalized spacial score (nSPS) is 14.7. The van der Waals surface area contributed by atoms with Crippen molar-refractivity contribution in [3.63, 3.8) is 0 Å². The zero-order valence-corrected chi connectivity index (χ0v) is 20.3. The predicted octanol–water partition coefficient (Wildman–Crippen LogP) is 5.80. The molecule has 5 rings (SSSR count). The molecule has 2 heterocycles. The maximum atomic E-state index is 13.0. The molecular weight excluding hydrogens is 456 g/mol. The lowest BCUT2D eigenvalue weighted by molar-refractivity contribution is 0.0702. The molecule has 2 N–H and O–H groups in total. The zero-order valence-electron chi connectivity index (χ0n) is 20.3. The summed E-state index contributed by atoms with van der Waals surface area (Å²) < 4.78 is 22.6. The second kappa shape index (κ2) is 8.82. The number of aryl methyl sites for hydroxylation is 3. The van der Waals surface area contributed by atoms with Crippen LogP contribution in [0.15, 0.2) is 70.5 Å². The maximum Gasteiger partial charge on any atom is 0.379 e. The van der Waals surface area contributed by atoms with Crippen LogP contribution in [0.2, 0.25) is 0 Å². The zero-order chi connectivity index (χ0) is 25.6. The number of allylic oxidation sites excluding steroid dienone is 1. The third-order valence-electron chi connectivity index (χ3n) is 6.38. The van der Waals surface area contributed by atoms with E-state index in [1.807, 2.05) is 57.2 Å². The van der Waals surface area contributed by atoms with Crippen LogP contribution in [-0.4, -0.2) is 13.1 Å². The first-order valence-electron chi connectivity index (χ1n) is 11.4. The monoisotopic (exact) mass is 480 g/mol. The summed E-state index contributed by atoms with van der Waals surface area (Å²) in [7, 11) is 1.58. The molecule has 1 atom stereocenters. The van der Waals surface area contributed by atoms with E-state index in [1.165, 1.54) is 0 Å². The van der Waals surface area contributed by atoms with Crippen molar-refractivity contribution in [2.24, 2.45) is 5.73 Å². The number of hydrogen-bond acceptors (Lipinski definition) is 7. The Balaban J connectivity index is 1.50. The second-order valence-electron chi connectivity index (χ2n) is 8.80. The molecule has 0 saturated heterocycles. The van der Waals surface area contributed by atoms with E-state index in [2.05, 4.69) is 6.07 Å². The summed E-state index contributed by atoms with van der Waals surface area (Å²) in [6.45, 7) is 5.81. The largest absolute Gasteiger partial charge is 0.497 e. The van der Waals surface area contributed by atoms with Gasteiger partial charge in [-0.05, 0) is 61.7 Å². The topological polar surface area (TPSA) is 108 Å². The van der Waals surface area contributed by atoms with Gasteiger partial charge < -0.3 is 24.4 Å². The van der Waals surface area contributed by atoms with Gasteiger partial charge in [0, 0.05) is 22.6 Å². The van der Waals surface area contributed by atoms with Crippen LogP contribution in [-0.2, 0) is 0 Å². The average Bonchev–Trinajstić information content (AvgIpc) is 3.19. The molecule has 1 aliphatic heterocycles. The molecule has 1 aliphatic rings. The highest BCUT2D eigenvalue weighted by Crippen LogP contribution is 2.44. The minimum atomic E-state index is -0.609. The summed E-state index contributed by atoms with van der Waals surface area (Å²) in [5.41, 5.74) is 11.4. The first-order valence-corrected chi connectivity index (χ1v) is 11.4. The number of hydrogen-bond donors (Lipinski definition) is 1. The highest BCUT2D eigenvalue weighted by atomic mass is 16.5. The van der Waals surface area contributed by atoms with E-state index < -0.39 is 11.9 Å². The number of esters is 1. The molecule has 0 amide bonds. The number of nitrogens with zero attached hydrogens (tertiary/aromatic N) is 1. The van der Waals surface area contributed by atoms with Crippen LogP contribution in [0.3, 0.4) is 0 Å².